The lowest BCUT2D eigenvalue weighted by Crippen LogP contribution is -2.22. The van der Waals surface area contributed by atoms with E-state index in [2.05, 4.69) is 20.9 Å². The van der Waals surface area contributed by atoms with Gasteiger partial charge >= 0.3 is 6.18 Å². The lowest BCUT2D eigenvalue weighted by molar-refractivity contribution is -0.129. The summed E-state index contributed by atoms with van der Waals surface area (Å²) < 4.78 is 66.0. The van der Waals surface area contributed by atoms with Gasteiger partial charge in [0.2, 0.25) is 15.9 Å². The summed E-state index contributed by atoms with van der Waals surface area (Å²) in [6.45, 7) is 0. The van der Waals surface area contributed by atoms with Gasteiger partial charge in [-0.1, -0.05) is 0 Å². The highest BCUT2D eigenvalue weighted by molar-refractivity contribution is 9.10. The lowest BCUT2D eigenvalue weighted by atomic mass is 10.4. The zero-order chi connectivity index (χ0) is 14.7. The van der Waals surface area contributed by atoms with E-state index < -0.39 is 28.4 Å². The molecule has 19 heavy (non-hydrogen) atoms. The highest BCUT2D eigenvalue weighted by atomic mass is 79.9. The van der Waals surface area contributed by atoms with Gasteiger partial charge in [0.15, 0.2) is 0 Å². The molecule has 5 nitrogen and oxygen atoms in total. The number of aromatic nitrogens is 1. The maximum atomic E-state index is 12.0. The summed E-state index contributed by atoms with van der Waals surface area (Å²) in [4.78, 5) is 3.78. The fourth-order valence-corrected chi connectivity index (χ4v) is 2.50. The molecule has 0 saturated heterocycles. The number of hydrogen-bond acceptors (Lipinski definition) is 4. The molecule has 0 aliphatic heterocycles. The monoisotopic (exact) mass is 362 g/mol. The van der Waals surface area contributed by atoms with E-state index in [1.807, 2.05) is 4.72 Å². The Bertz CT molecular complexity index is 548. The minimum atomic E-state index is -4.53. The number of ether oxygens (including phenoxy) is 1. The van der Waals surface area contributed by atoms with Gasteiger partial charge in [0.25, 0.3) is 0 Å². The van der Waals surface area contributed by atoms with E-state index in [9.17, 15) is 21.6 Å². The minimum Gasteiger partial charge on any atom is -0.480 e. The Hall–Kier alpha value is -1.03. The number of hydrogen-bond donors (Lipinski definition) is 1. The number of alkyl halides is 3. The van der Waals surface area contributed by atoms with Gasteiger partial charge in [0, 0.05) is 0 Å². The van der Waals surface area contributed by atoms with Gasteiger partial charge in [0.05, 0.1) is 23.8 Å². The van der Waals surface area contributed by atoms with Crippen molar-refractivity contribution in [3.05, 3.63) is 16.6 Å². The number of rotatable bonds is 5. The molecule has 0 bridgehead atoms. The molecule has 0 atom stereocenters. The zero-order valence-electron chi connectivity index (χ0n) is 9.66. The fraction of sp³-hybridized carbons (Fsp3) is 0.444. The summed E-state index contributed by atoms with van der Waals surface area (Å²) >= 11 is 3.11. The molecule has 0 amide bonds. The van der Waals surface area contributed by atoms with Crippen molar-refractivity contribution in [3.8, 4) is 5.88 Å². The van der Waals surface area contributed by atoms with Gasteiger partial charge in [-0.15, -0.1) is 0 Å². The quantitative estimate of drug-likeness (QED) is 0.873. The average molecular weight is 363 g/mol. The Morgan fingerprint density at radius 3 is 2.58 bits per heavy atom. The second-order valence-electron chi connectivity index (χ2n) is 3.47. The van der Waals surface area contributed by atoms with Crippen LogP contribution >= 0.6 is 15.9 Å². The van der Waals surface area contributed by atoms with Gasteiger partial charge in [-0.25, -0.2) is 8.42 Å². The summed E-state index contributed by atoms with van der Waals surface area (Å²) in [6, 6.07) is 2.77. The van der Waals surface area contributed by atoms with Crippen LogP contribution in [0, 0.1) is 0 Å². The maximum Gasteiger partial charge on any atom is 0.390 e. The molecule has 1 aromatic heterocycles. The molecule has 0 spiro atoms. The molecule has 108 valence electrons. The molecular formula is C9H10BrF3N2O3S. The predicted octanol–water partition coefficient (Wildman–Crippen LogP) is 2.55. The molecule has 0 fully saturated rings. The second kappa shape index (κ2) is 5.95. The van der Waals surface area contributed by atoms with E-state index in [0.717, 1.165) is 0 Å². The Balaban J connectivity index is 2.78. The molecule has 1 N–H and O–H groups in total. The zero-order valence-corrected chi connectivity index (χ0v) is 12.1. The number of nitrogens with zero attached hydrogens (tertiary/aromatic N) is 1. The van der Waals surface area contributed by atoms with Crippen molar-refractivity contribution < 1.29 is 26.3 Å². The molecule has 0 aliphatic carbocycles. The Morgan fingerprint density at radius 2 is 2.05 bits per heavy atom. The van der Waals surface area contributed by atoms with Gasteiger partial charge in [-0.3, -0.25) is 4.72 Å². The van der Waals surface area contributed by atoms with E-state index in [4.69, 9.17) is 4.74 Å². The first-order chi connectivity index (χ1) is 8.63. The van der Waals surface area contributed by atoms with E-state index in [-0.39, 0.29) is 11.7 Å². The van der Waals surface area contributed by atoms with Crippen molar-refractivity contribution in [2.75, 3.05) is 17.6 Å². The Kier molecular flexibility index (Phi) is 5.02. The van der Waals surface area contributed by atoms with E-state index in [1.54, 1.807) is 0 Å². The topological polar surface area (TPSA) is 68.3 Å². The van der Waals surface area contributed by atoms with Gasteiger partial charge in [-0.2, -0.15) is 18.2 Å². The minimum absolute atomic E-state index is 0.109. The molecule has 1 rings (SSSR count). The van der Waals surface area contributed by atoms with Crippen molar-refractivity contribution in [2.24, 2.45) is 0 Å². The van der Waals surface area contributed by atoms with Crippen LogP contribution in [0.25, 0.3) is 0 Å². The highest BCUT2D eigenvalue weighted by Crippen LogP contribution is 2.25. The number of sulfonamides is 1. The molecule has 0 unspecified atom stereocenters. The van der Waals surface area contributed by atoms with Crippen molar-refractivity contribution in [3.63, 3.8) is 0 Å². The van der Waals surface area contributed by atoms with Crippen LogP contribution in [-0.4, -0.2) is 32.4 Å². The first-order valence-electron chi connectivity index (χ1n) is 4.91. The van der Waals surface area contributed by atoms with Crippen LogP contribution in [0.4, 0.5) is 19.0 Å². The van der Waals surface area contributed by atoms with Gasteiger partial charge < -0.3 is 4.74 Å². The molecule has 0 radical (unpaired) electrons. The molecule has 10 heteroatoms. The molecule has 0 saturated carbocycles. The van der Waals surface area contributed by atoms with Crippen LogP contribution in [0.5, 0.6) is 5.88 Å². The van der Waals surface area contributed by atoms with Crippen LogP contribution < -0.4 is 9.46 Å². The number of anilines is 1. The van der Waals surface area contributed by atoms with Crippen molar-refractivity contribution in [2.45, 2.75) is 12.6 Å². The van der Waals surface area contributed by atoms with Crippen LogP contribution in [0.2, 0.25) is 0 Å². The van der Waals surface area contributed by atoms with E-state index in [1.165, 1.54) is 19.2 Å². The number of halogens is 4. The van der Waals surface area contributed by atoms with Gasteiger partial charge in [-0.05, 0) is 28.1 Å². The van der Waals surface area contributed by atoms with Crippen LogP contribution in [0.1, 0.15) is 6.42 Å². The summed E-state index contributed by atoms with van der Waals surface area (Å²) in [5.74, 6) is -1.05. The fourth-order valence-electron chi connectivity index (χ4n) is 1.08. The third kappa shape index (κ3) is 5.64. The number of nitrogens with one attached hydrogen (secondary N) is 1. The van der Waals surface area contributed by atoms with E-state index >= 15 is 0 Å². The van der Waals surface area contributed by atoms with Crippen LogP contribution in [-0.2, 0) is 10.0 Å². The van der Waals surface area contributed by atoms with Crippen LogP contribution in [0.15, 0.2) is 16.6 Å². The maximum absolute atomic E-state index is 12.0. The van der Waals surface area contributed by atoms with Crippen LogP contribution in [0.3, 0.4) is 0 Å². The van der Waals surface area contributed by atoms with Crippen molar-refractivity contribution in [1.82, 2.24) is 4.98 Å². The van der Waals surface area contributed by atoms with Gasteiger partial charge in [0.1, 0.15) is 5.82 Å². The standard InChI is InChI=1S/C9H10BrF3N2O3S/c1-18-8-6(10)2-3-7(14-8)15-19(16,17)5-4-9(11,12)13/h2-3H,4-5H2,1H3,(H,14,15). The smallest absolute Gasteiger partial charge is 0.390 e. The normalized spacial score (nSPS) is 12.3. The third-order valence-corrected chi connectivity index (χ3v) is 3.79. The number of methoxy groups -OCH3 is 1. The summed E-state index contributed by atoms with van der Waals surface area (Å²) in [6.07, 6.45) is -5.95. The third-order valence-electron chi connectivity index (χ3n) is 1.92. The summed E-state index contributed by atoms with van der Waals surface area (Å²) in [5.41, 5.74) is 0. The molecular weight excluding hydrogens is 353 g/mol. The molecule has 0 aliphatic rings. The first-order valence-corrected chi connectivity index (χ1v) is 7.35. The van der Waals surface area contributed by atoms with E-state index in [0.29, 0.717) is 4.47 Å². The Labute approximate surface area is 116 Å². The van der Waals surface area contributed by atoms with Crippen molar-refractivity contribution in [1.29, 1.82) is 0 Å². The average Bonchev–Trinajstić information content (AvgIpc) is 2.28. The summed E-state index contributed by atoms with van der Waals surface area (Å²) in [7, 11) is -2.78. The molecule has 0 aromatic carbocycles. The SMILES string of the molecule is COc1nc(NS(=O)(=O)CCC(F)(F)F)ccc1Br. The highest BCUT2D eigenvalue weighted by Gasteiger charge is 2.30. The molecule has 1 heterocycles. The largest absolute Gasteiger partial charge is 0.480 e. The van der Waals surface area contributed by atoms with Crippen molar-refractivity contribution >= 4 is 31.8 Å². The molecule has 1 aromatic rings. The lowest BCUT2D eigenvalue weighted by Gasteiger charge is -2.10. The number of pyridine rings is 1. The predicted molar refractivity (Wildman–Crippen MR) is 66.6 cm³/mol. The second-order valence-corrected chi connectivity index (χ2v) is 6.17. The first kappa shape index (κ1) is 16.0. The Morgan fingerprint density at radius 1 is 1.42 bits per heavy atom. The summed E-state index contributed by atoms with van der Waals surface area (Å²) in [5, 5.41) is 0.